The highest BCUT2D eigenvalue weighted by molar-refractivity contribution is 5.98. The van der Waals surface area contributed by atoms with Gasteiger partial charge in [0.05, 0.1) is 17.1 Å². The second-order valence-corrected chi connectivity index (χ2v) is 8.41. The summed E-state index contributed by atoms with van der Waals surface area (Å²) in [6, 6.07) is 4.83. The highest BCUT2D eigenvalue weighted by atomic mass is 19.1. The molecule has 2 aliphatic heterocycles. The van der Waals surface area contributed by atoms with Crippen LogP contribution in [0.15, 0.2) is 24.5 Å². The summed E-state index contributed by atoms with van der Waals surface area (Å²) in [6.45, 7) is 17.5. The number of anilines is 1. The number of hydrogen-bond acceptors (Lipinski definition) is 6. The molecule has 6 rings (SSSR count). The summed E-state index contributed by atoms with van der Waals surface area (Å²) in [5, 5.41) is 12.2. The van der Waals surface area contributed by atoms with Gasteiger partial charge in [0, 0.05) is 42.3 Å². The third kappa shape index (κ3) is 5.05. The number of benzene rings is 1. The third-order valence-corrected chi connectivity index (χ3v) is 6.36. The van der Waals surface area contributed by atoms with Gasteiger partial charge < -0.3 is 10.2 Å². The van der Waals surface area contributed by atoms with Crippen molar-refractivity contribution in [3.63, 3.8) is 0 Å². The van der Waals surface area contributed by atoms with Gasteiger partial charge >= 0.3 is 0 Å². The van der Waals surface area contributed by atoms with Gasteiger partial charge in [0.25, 0.3) is 0 Å². The maximum atomic E-state index is 15.8. The summed E-state index contributed by atoms with van der Waals surface area (Å²) in [4.78, 5) is 16.0. The van der Waals surface area contributed by atoms with E-state index in [1.54, 1.807) is 12.4 Å². The zero-order chi connectivity index (χ0) is 26.4. The first-order valence-corrected chi connectivity index (χ1v) is 13.4. The van der Waals surface area contributed by atoms with E-state index >= 15 is 4.39 Å². The summed E-state index contributed by atoms with van der Waals surface area (Å²) in [5.74, 6) is 0.943. The number of nitrogens with zero attached hydrogens (tertiary/aromatic N) is 5. The number of rotatable bonds is 2. The van der Waals surface area contributed by atoms with Crippen molar-refractivity contribution in [3.05, 3.63) is 41.7 Å². The molecule has 0 aliphatic carbocycles. The molecule has 4 aromatic rings. The van der Waals surface area contributed by atoms with Crippen molar-refractivity contribution in [2.24, 2.45) is 0 Å². The summed E-state index contributed by atoms with van der Waals surface area (Å²) in [5.41, 5.74) is 3.18. The van der Waals surface area contributed by atoms with Crippen LogP contribution in [0.1, 0.15) is 65.8 Å². The number of piperazine rings is 1. The molecule has 0 spiro atoms. The Morgan fingerprint density at radius 3 is 2.22 bits per heavy atom. The van der Waals surface area contributed by atoms with E-state index < -0.39 is 5.82 Å². The molecule has 2 fully saturated rings. The zero-order valence-corrected chi connectivity index (χ0v) is 22.9. The van der Waals surface area contributed by atoms with Crippen LogP contribution in [0.25, 0.3) is 33.1 Å². The van der Waals surface area contributed by atoms with Crippen LogP contribution >= 0.6 is 0 Å². The van der Waals surface area contributed by atoms with E-state index in [9.17, 15) is 0 Å². The van der Waals surface area contributed by atoms with Crippen molar-refractivity contribution < 1.29 is 4.39 Å². The summed E-state index contributed by atoms with van der Waals surface area (Å²) < 4.78 is 15.8. The molecule has 0 saturated carbocycles. The first-order valence-electron chi connectivity index (χ1n) is 13.4. The summed E-state index contributed by atoms with van der Waals surface area (Å²) in [6.07, 6.45) is 5.79. The van der Waals surface area contributed by atoms with Crippen molar-refractivity contribution in [1.82, 2.24) is 30.5 Å². The second kappa shape index (κ2) is 12.2. The molecule has 2 aliphatic rings. The lowest BCUT2D eigenvalue weighted by Gasteiger charge is -2.34. The molecular formula is C28H40FN7. The fourth-order valence-corrected chi connectivity index (χ4v) is 4.98. The number of halogens is 1. The van der Waals surface area contributed by atoms with Crippen molar-refractivity contribution in [3.8, 4) is 11.3 Å². The average molecular weight is 494 g/mol. The molecule has 8 heteroatoms. The Labute approximate surface area is 213 Å². The Hall–Kier alpha value is -3.13. The van der Waals surface area contributed by atoms with E-state index in [0.717, 1.165) is 40.9 Å². The van der Waals surface area contributed by atoms with E-state index in [1.807, 2.05) is 67.5 Å². The van der Waals surface area contributed by atoms with Crippen molar-refractivity contribution in [2.75, 3.05) is 18.0 Å². The minimum atomic E-state index is -0.408. The maximum Gasteiger partial charge on any atom is 0.175 e. The molecular weight excluding hydrogens is 453 g/mol. The largest absolute Gasteiger partial charge is 0.353 e. The van der Waals surface area contributed by atoms with E-state index in [4.69, 9.17) is 0 Å². The van der Waals surface area contributed by atoms with E-state index in [1.165, 1.54) is 12.8 Å². The van der Waals surface area contributed by atoms with Crippen molar-refractivity contribution in [1.29, 1.82) is 0 Å². The van der Waals surface area contributed by atoms with Gasteiger partial charge in [-0.25, -0.2) is 14.4 Å². The van der Waals surface area contributed by atoms with Gasteiger partial charge in [-0.15, -0.1) is 0 Å². The van der Waals surface area contributed by atoms with Crippen LogP contribution < -0.4 is 10.2 Å². The van der Waals surface area contributed by atoms with Gasteiger partial charge in [-0.05, 0) is 38.3 Å². The maximum absolute atomic E-state index is 15.8. The van der Waals surface area contributed by atoms with Crippen LogP contribution in [0, 0.1) is 19.7 Å². The van der Waals surface area contributed by atoms with Gasteiger partial charge in [-0.3, -0.25) is 10.1 Å². The number of fused-ring (bicyclic) bond motifs is 4. The van der Waals surface area contributed by atoms with Crippen LogP contribution in [0.5, 0.6) is 0 Å². The number of aromatic nitrogens is 5. The highest BCUT2D eigenvalue weighted by Crippen LogP contribution is 2.36. The van der Waals surface area contributed by atoms with Crippen LogP contribution in [-0.4, -0.2) is 50.3 Å². The van der Waals surface area contributed by atoms with Gasteiger partial charge in [0.15, 0.2) is 5.82 Å². The monoisotopic (exact) mass is 493 g/mol. The van der Waals surface area contributed by atoms with Gasteiger partial charge in [-0.2, -0.15) is 5.10 Å². The molecule has 0 amide bonds. The standard InChI is InChI=1S/C22H22FN7.3C2H6/c1-11-3-6-17-15(8-25-29-17)18(11)21-19(23)20-16(7-24-21)22(27-12(2)26-20)30-9-13-4-5-14(10-30)28-13;3*1-2/h3,6-8,13-14,28H,4-5,9-10H2,1-2H3,(H,25,29);3*1-2H3. The number of H-pyrrole nitrogens is 1. The van der Waals surface area contributed by atoms with Gasteiger partial charge in [0.2, 0.25) is 0 Å². The fraction of sp³-hybridized carbons (Fsp3) is 0.500. The minimum Gasteiger partial charge on any atom is -0.353 e. The Balaban J connectivity index is 0.000000563. The van der Waals surface area contributed by atoms with E-state index in [2.05, 4.69) is 35.4 Å². The van der Waals surface area contributed by atoms with Crippen molar-refractivity contribution in [2.45, 2.75) is 80.3 Å². The lowest BCUT2D eigenvalue weighted by Crippen LogP contribution is -2.51. The Morgan fingerprint density at radius 1 is 0.889 bits per heavy atom. The topological polar surface area (TPSA) is 82.6 Å². The molecule has 3 aromatic heterocycles. The summed E-state index contributed by atoms with van der Waals surface area (Å²) in [7, 11) is 0. The SMILES string of the molecule is CC.CC.CC.Cc1nc(N2CC3CCC(C2)N3)c2cnc(-c3c(C)ccc4[nH]ncc34)c(F)c2n1. The predicted molar refractivity (Wildman–Crippen MR) is 148 cm³/mol. The number of nitrogens with one attached hydrogen (secondary N) is 2. The Morgan fingerprint density at radius 2 is 1.56 bits per heavy atom. The lowest BCUT2D eigenvalue weighted by molar-refractivity contribution is 0.464. The number of hydrogen-bond donors (Lipinski definition) is 2. The van der Waals surface area contributed by atoms with Crippen LogP contribution in [0.2, 0.25) is 0 Å². The predicted octanol–water partition coefficient (Wildman–Crippen LogP) is 6.34. The first-order chi connectivity index (χ1) is 17.6. The van der Waals surface area contributed by atoms with Crippen LogP contribution in [0.4, 0.5) is 10.2 Å². The number of pyridine rings is 1. The molecule has 5 heterocycles. The zero-order valence-electron chi connectivity index (χ0n) is 22.9. The molecule has 2 unspecified atom stereocenters. The minimum absolute atomic E-state index is 0.302. The number of aryl methyl sites for hydroxylation is 2. The number of aromatic amines is 1. The smallest absolute Gasteiger partial charge is 0.175 e. The Bertz CT molecular complexity index is 1290. The molecule has 36 heavy (non-hydrogen) atoms. The van der Waals surface area contributed by atoms with Crippen molar-refractivity contribution >= 4 is 27.6 Å². The van der Waals surface area contributed by atoms with Crippen LogP contribution in [-0.2, 0) is 0 Å². The lowest BCUT2D eigenvalue weighted by atomic mass is 10.00. The summed E-state index contributed by atoms with van der Waals surface area (Å²) >= 11 is 0. The normalized spacial score (nSPS) is 18.1. The average Bonchev–Trinajstić information content (AvgIpc) is 3.53. The molecule has 0 radical (unpaired) electrons. The van der Waals surface area contributed by atoms with E-state index in [-0.39, 0.29) is 0 Å². The third-order valence-electron chi connectivity index (χ3n) is 6.36. The molecule has 7 nitrogen and oxygen atoms in total. The molecule has 2 bridgehead atoms. The Kier molecular flexibility index (Phi) is 9.31. The molecule has 2 N–H and O–H groups in total. The molecule has 1 aromatic carbocycles. The van der Waals surface area contributed by atoms with E-state index in [0.29, 0.717) is 34.5 Å². The molecule has 2 atom stereocenters. The molecule has 2 saturated heterocycles. The first kappa shape index (κ1) is 27.5. The molecule has 194 valence electrons. The van der Waals surface area contributed by atoms with Gasteiger partial charge in [0.1, 0.15) is 22.9 Å². The highest BCUT2D eigenvalue weighted by Gasteiger charge is 2.34. The fourth-order valence-electron chi connectivity index (χ4n) is 4.98. The quantitative estimate of drug-likeness (QED) is 0.339. The van der Waals surface area contributed by atoms with Crippen LogP contribution in [0.3, 0.4) is 0 Å². The van der Waals surface area contributed by atoms with Gasteiger partial charge in [-0.1, -0.05) is 47.6 Å². The second-order valence-electron chi connectivity index (χ2n) is 8.41.